The van der Waals surface area contributed by atoms with Gasteiger partial charge in [-0.15, -0.1) is 0 Å². The summed E-state index contributed by atoms with van der Waals surface area (Å²) in [4.78, 5) is 21.1. The molecule has 2 aromatic heterocycles. The maximum Gasteiger partial charge on any atom is 0.255 e. The summed E-state index contributed by atoms with van der Waals surface area (Å²) < 4.78 is 0. The number of carbonyl (C=O) groups excluding carboxylic acids is 1. The fourth-order valence-corrected chi connectivity index (χ4v) is 2.35. The Morgan fingerprint density at radius 3 is 2.61 bits per heavy atom. The van der Waals surface area contributed by atoms with Gasteiger partial charge in [-0.2, -0.15) is 0 Å². The van der Waals surface area contributed by atoms with Crippen molar-refractivity contribution in [3.05, 3.63) is 72.1 Å². The van der Waals surface area contributed by atoms with Crippen molar-refractivity contribution in [2.24, 2.45) is 0 Å². The van der Waals surface area contributed by atoms with E-state index in [1.165, 1.54) is 0 Å². The van der Waals surface area contributed by atoms with Crippen LogP contribution in [0.3, 0.4) is 0 Å². The van der Waals surface area contributed by atoms with Gasteiger partial charge >= 0.3 is 0 Å². The number of hydrogen-bond acceptors (Lipinski definition) is 4. The minimum Gasteiger partial charge on any atom is -0.399 e. The summed E-state index contributed by atoms with van der Waals surface area (Å²) in [6.45, 7) is 1.90. The standard InChI is InChI=1S/C18H16N4O/c1-12-9-13(11-14(19)10-12)18(23)22-16-6-4-8-21-17(16)15-5-2-3-7-20-15/h2-11H,19H2,1H3,(H,22,23). The fraction of sp³-hybridized carbons (Fsp3) is 0.0556. The Kier molecular flexibility index (Phi) is 4.01. The van der Waals surface area contributed by atoms with Gasteiger partial charge in [0.25, 0.3) is 5.91 Å². The molecule has 1 amide bonds. The van der Waals surface area contributed by atoms with Crippen molar-refractivity contribution in [1.82, 2.24) is 9.97 Å². The Morgan fingerprint density at radius 2 is 1.87 bits per heavy atom. The van der Waals surface area contributed by atoms with Crippen molar-refractivity contribution in [2.75, 3.05) is 11.1 Å². The predicted molar refractivity (Wildman–Crippen MR) is 91.0 cm³/mol. The second kappa shape index (κ2) is 6.27. The normalized spacial score (nSPS) is 10.3. The van der Waals surface area contributed by atoms with Crippen LogP contribution in [-0.2, 0) is 0 Å². The Bertz CT molecular complexity index is 826. The lowest BCUT2D eigenvalue weighted by molar-refractivity contribution is 0.102. The molecule has 114 valence electrons. The molecule has 5 heteroatoms. The summed E-state index contributed by atoms with van der Waals surface area (Å²) in [7, 11) is 0. The van der Waals surface area contributed by atoms with Gasteiger partial charge in [0, 0.05) is 23.6 Å². The number of amides is 1. The summed E-state index contributed by atoms with van der Waals surface area (Å²) in [6.07, 6.45) is 3.36. The van der Waals surface area contributed by atoms with E-state index in [0.717, 1.165) is 5.56 Å². The first-order valence-electron chi connectivity index (χ1n) is 7.18. The molecule has 3 rings (SSSR count). The summed E-state index contributed by atoms with van der Waals surface area (Å²) in [5.41, 5.74) is 9.75. The third kappa shape index (κ3) is 3.35. The molecule has 5 nitrogen and oxygen atoms in total. The smallest absolute Gasteiger partial charge is 0.255 e. The summed E-state index contributed by atoms with van der Waals surface area (Å²) >= 11 is 0. The number of pyridine rings is 2. The van der Waals surface area contributed by atoms with Gasteiger partial charge in [-0.25, -0.2) is 0 Å². The highest BCUT2D eigenvalue weighted by molar-refractivity contribution is 6.06. The van der Waals surface area contributed by atoms with E-state index in [0.29, 0.717) is 28.3 Å². The Balaban J connectivity index is 1.93. The second-order valence-corrected chi connectivity index (χ2v) is 5.20. The fourth-order valence-electron chi connectivity index (χ4n) is 2.35. The second-order valence-electron chi connectivity index (χ2n) is 5.20. The van der Waals surface area contributed by atoms with E-state index in [-0.39, 0.29) is 5.91 Å². The first-order chi connectivity index (χ1) is 11.1. The van der Waals surface area contributed by atoms with Crippen molar-refractivity contribution in [3.8, 4) is 11.4 Å². The van der Waals surface area contributed by atoms with Crippen LogP contribution >= 0.6 is 0 Å². The zero-order chi connectivity index (χ0) is 16.2. The number of nitrogens with two attached hydrogens (primary N) is 1. The molecule has 0 bridgehead atoms. The molecular formula is C18H16N4O. The van der Waals surface area contributed by atoms with Crippen molar-refractivity contribution >= 4 is 17.3 Å². The van der Waals surface area contributed by atoms with Gasteiger partial charge in [-0.1, -0.05) is 6.07 Å². The van der Waals surface area contributed by atoms with Crippen molar-refractivity contribution in [2.45, 2.75) is 6.92 Å². The average molecular weight is 304 g/mol. The van der Waals surface area contributed by atoms with Gasteiger partial charge in [-0.05, 0) is 55.0 Å². The molecule has 3 N–H and O–H groups in total. The van der Waals surface area contributed by atoms with E-state index in [9.17, 15) is 4.79 Å². The van der Waals surface area contributed by atoms with Crippen LogP contribution in [0.4, 0.5) is 11.4 Å². The third-order valence-corrected chi connectivity index (χ3v) is 3.33. The third-order valence-electron chi connectivity index (χ3n) is 3.33. The average Bonchev–Trinajstić information content (AvgIpc) is 2.55. The first-order valence-corrected chi connectivity index (χ1v) is 7.18. The maximum atomic E-state index is 12.5. The molecule has 0 atom stereocenters. The number of hydrogen-bond donors (Lipinski definition) is 2. The van der Waals surface area contributed by atoms with Gasteiger partial charge in [-0.3, -0.25) is 14.8 Å². The van der Waals surface area contributed by atoms with Gasteiger partial charge < -0.3 is 11.1 Å². The molecule has 0 spiro atoms. The molecule has 0 saturated heterocycles. The maximum absolute atomic E-state index is 12.5. The number of anilines is 2. The number of aryl methyl sites for hydroxylation is 1. The van der Waals surface area contributed by atoms with E-state index >= 15 is 0 Å². The molecule has 3 aromatic rings. The van der Waals surface area contributed by atoms with Crippen molar-refractivity contribution in [3.63, 3.8) is 0 Å². The molecule has 0 unspecified atom stereocenters. The van der Waals surface area contributed by atoms with Gasteiger partial charge in [0.05, 0.1) is 11.4 Å². The largest absolute Gasteiger partial charge is 0.399 e. The Morgan fingerprint density at radius 1 is 1.04 bits per heavy atom. The van der Waals surface area contributed by atoms with Crippen LogP contribution in [0.1, 0.15) is 15.9 Å². The van der Waals surface area contributed by atoms with Crippen LogP contribution in [0, 0.1) is 6.92 Å². The van der Waals surface area contributed by atoms with Crippen LogP contribution < -0.4 is 11.1 Å². The van der Waals surface area contributed by atoms with Gasteiger partial charge in [0.1, 0.15) is 5.69 Å². The molecule has 0 aliphatic heterocycles. The summed E-state index contributed by atoms with van der Waals surface area (Å²) in [5, 5.41) is 2.88. The number of benzene rings is 1. The molecule has 0 aliphatic rings. The van der Waals surface area contributed by atoms with E-state index < -0.39 is 0 Å². The van der Waals surface area contributed by atoms with E-state index in [2.05, 4.69) is 15.3 Å². The molecule has 0 fully saturated rings. The molecule has 2 heterocycles. The number of nitrogens with one attached hydrogen (secondary N) is 1. The summed E-state index contributed by atoms with van der Waals surface area (Å²) in [6, 6.07) is 14.4. The topological polar surface area (TPSA) is 80.9 Å². The van der Waals surface area contributed by atoms with E-state index in [1.54, 1.807) is 36.7 Å². The number of carbonyl (C=O) groups is 1. The predicted octanol–water partition coefficient (Wildman–Crippen LogP) is 3.29. The number of aromatic nitrogens is 2. The molecule has 1 aromatic carbocycles. The van der Waals surface area contributed by atoms with Crippen LogP contribution in [-0.4, -0.2) is 15.9 Å². The van der Waals surface area contributed by atoms with Gasteiger partial charge in [0.2, 0.25) is 0 Å². The van der Waals surface area contributed by atoms with Crippen LogP contribution in [0.2, 0.25) is 0 Å². The highest BCUT2D eigenvalue weighted by Crippen LogP contribution is 2.24. The minimum absolute atomic E-state index is 0.231. The van der Waals surface area contributed by atoms with E-state index in [4.69, 9.17) is 5.73 Å². The SMILES string of the molecule is Cc1cc(N)cc(C(=O)Nc2cccnc2-c2ccccn2)c1. The summed E-state index contributed by atoms with van der Waals surface area (Å²) in [5.74, 6) is -0.231. The molecular weight excluding hydrogens is 288 g/mol. The number of nitrogens with zero attached hydrogens (tertiary/aromatic N) is 2. The zero-order valence-corrected chi connectivity index (χ0v) is 12.7. The Hall–Kier alpha value is -3.21. The van der Waals surface area contributed by atoms with Gasteiger partial charge in [0.15, 0.2) is 0 Å². The molecule has 23 heavy (non-hydrogen) atoms. The number of rotatable bonds is 3. The van der Waals surface area contributed by atoms with Crippen LogP contribution in [0.15, 0.2) is 60.9 Å². The highest BCUT2D eigenvalue weighted by atomic mass is 16.1. The Labute approximate surface area is 134 Å². The zero-order valence-electron chi connectivity index (χ0n) is 12.7. The van der Waals surface area contributed by atoms with Crippen LogP contribution in [0.25, 0.3) is 11.4 Å². The number of nitrogen functional groups attached to an aromatic ring is 1. The minimum atomic E-state index is -0.231. The van der Waals surface area contributed by atoms with Crippen molar-refractivity contribution < 1.29 is 4.79 Å². The monoisotopic (exact) mass is 304 g/mol. The molecule has 0 radical (unpaired) electrons. The lowest BCUT2D eigenvalue weighted by Gasteiger charge is -2.10. The quantitative estimate of drug-likeness (QED) is 0.728. The molecule has 0 saturated carbocycles. The van der Waals surface area contributed by atoms with Crippen molar-refractivity contribution in [1.29, 1.82) is 0 Å². The first kappa shape index (κ1) is 14.7. The highest BCUT2D eigenvalue weighted by Gasteiger charge is 2.12. The van der Waals surface area contributed by atoms with E-state index in [1.807, 2.05) is 31.2 Å². The lowest BCUT2D eigenvalue weighted by atomic mass is 10.1. The lowest BCUT2D eigenvalue weighted by Crippen LogP contribution is -2.13. The van der Waals surface area contributed by atoms with Crippen LogP contribution in [0.5, 0.6) is 0 Å². The molecule has 0 aliphatic carbocycles.